The fraction of sp³-hybridized carbons (Fsp3) is 0.429. The molecule has 0 aromatic heterocycles. The Morgan fingerprint density at radius 1 is 1.32 bits per heavy atom. The molecule has 0 fully saturated rings. The van der Waals surface area contributed by atoms with Crippen molar-refractivity contribution in [3.8, 4) is 12.1 Å². The van der Waals surface area contributed by atoms with Crippen LogP contribution in [0, 0.1) is 40.9 Å². The van der Waals surface area contributed by atoms with E-state index in [1.807, 2.05) is 44.2 Å². The van der Waals surface area contributed by atoms with Gasteiger partial charge in [-0.05, 0) is 18.9 Å². The molecule has 2 N–H and O–H groups in total. The van der Waals surface area contributed by atoms with Crippen LogP contribution in [0.4, 0.5) is 0 Å². The first kappa shape index (κ1) is 21.5. The molecule has 1 heterocycles. The number of thioether (sulfide) groups is 1. The molecular weight excluding hydrogens is 372 g/mol. The monoisotopic (exact) mass is 396 g/mol. The molecule has 1 aromatic carbocycles. The Labute approximate surface area is 170 Å². The van der Waals surface area contributed by atoms with Gasteiger partial charge in [-0.3, -0.25) is 9.59 Å². The summed E-state index contributed by atoms with van der Waals surface area (Å²) in [4.78, 5) is 24.7. The molecule has 0 saturated heterocycles. The number of amides is 2. The third kappa shape index (κ3) is 4.55. The van der Waals surface area contributed by atoms with E-state index in [9.17, 15) is 20.1 Å². The zero-order chi connectivity index (χ0) is 20.9. The van der Waals surface area contributed by atoms with Gasteiger partial charge >= 0.3 is 0 Å². The van der Waals surface area contributed by atoms with Crippen molar-refractivity contribution in [1.82, 2.24) is 10.6 Å². The third-order valence-electron chi connectivity index (χ3n) is 4.90. The standard InChI is InChI=1S/C21H24N4O2S/c1-5-17(14-8-6-13(2)7-9-14)24-18(26)12-28-20-16(11-23)21(3,4)15(10-22)19(27)25-20/h6-9,15,17H,5,12H2,1-4H3,(H,24,26)(H,25,27)/t15-,17-/m1/s1. The van der Waals surface area contributed by atoms with E-state index in [1.54, 1.807) is 13.8 Å². The van der Waals surface area contributed by atoms with Gasteiger partial charge in [-0.1, -0.05) is 62.4 Å². The number of aryl methyl sites for hydroxylation is 1. The molecule has 7 heteroatoms. The molecule has 0 bridgehead atoms. The molecule has 0 saturated carbocycles. The van der Waals surface area contributed by atoms with Crippen LogP contribution in [0.1, 0.15) is 44.4 Å². The van der Waals surface area contributed by atoms with Gasteiger partial charge < -0.3 is 10.6 Å². The van der Waals surface area contributed by atoms with Gasteiger partial charge in [-0.25, -0.2) is 0 Å². The molecule has 0 radical (unpaired) electrons. The van der Waals surface area contributed by atoms with Crippen molar-refractivity contribution in [2.75, 3.05) is 5.75 Å². The largest absolute Gasteiger partial charge is 0.349 e. The lowest BCUT2D eigenvalue weighted by Gasteiger charge is -2.34. The maximum Gasteiger partial charge on any atom is 0.243 e. The van der Waals surface area contributed by atoms with Crippen LogP contribution in [0.5, 0.6) is 0 Å². The van der Waals surface area contributed by atoms with Gasteiger partial charge in [0.2, 0.25) is 11.8 Å². The molecule has 1 aliphatic rings. The Morgan fingerprint density at radius 2 is 1.96 bits per heavy atom. The Morgan fingerprint density at radius 3 is 2.50 bits per heavy atom. The number of carbonyl (C=O) groups excluding carboxylic acids is 2. The van der Waals surface area contributed by atoms with Gasteiger partial charge in [-0.15, -0.1) is 0 Å². The topological polar surface area (TPSA) is 106 Å². The number of nitrogens with zero attached hydrogens (tertiary/aromatic N) is 2. The maximum atomic E-state index is 12.5. The highest BCUT2D eigenvalue weighted by Crippen LogP contribution is 2.41. The zero-order valence-corrected chi connectivity index (χ0v) is 17.3. The van der Waals surface area contributed by atoms with Gasteiger partial charge in [0.05, 0.1) is 34.5 Å². The van der Waals surface area contributed by atoms with E-state index in [0.717, 1.165) is 29.3 Å². The van der Waals surface area contributed by atoms with Gasteiger partial charge in [0.15, 0.2) is 0 Å². The summed E-state index contributed by atoms with van der Waals surface area (Å²) in [5, 5.41) is 24.7. The molecular formula is C21H24N4O2S. The van der Waals surface area contributed by atoms with Crippen LogP contribution in [0.3, 0.4) is 0 Å². The van der Waals surface area contributed by atoms with E-state index in [2.05, 4.69) is 16.7 Å². The Kier molecular flexibility index (Phi) is 6.88. The van der Waals surface area contributed by atoms with E-state index in [1.165, 1.54) is 0 Å². The van der Waals surface area contributed by atoms with Crippen LogP contribution in [0.2, 0.25) is 0 Å². The summed E-state index contributed by atoms with van der Waals surface area (Å²) in [5.74, 6) is -1.50. The first-order valence-electron chi connectivity index (χ1n) is 9.08. The summed E-state index contributed by atoms with van der Waals surface area (Å²) in [6.45, 7) is 7.41. The summed E-state index contributed by atoms with van der Waals surface area (Å²) in [6, 6.07) is 12.0. The van der Waals surface area contributed by atoms with Crippen molar-refractivity contribution >= 4 is 23.6 Å². The van der Waals surface area contributed by atoms with Gasteiger partial charge in [0, 0.05) is 5.41 Å². The number of benzene rings is 1. The molecule has 0 unspecified atom stereocenters. The van der Waals surface area contributed by atoms with E-state index in [4.69, 9.17) is 0 Å². The SMILES string of the molecule is CC[C@@H](NC(=O)CSC1=C(C#N)C(C)(C)[C@H](C#N)C(=O)N1)c1ccc(C)cc1. The van der Waals surface area contributed by atoms with Crippen molar-refractivity contribution in [3.05, 3.63) is 46.0 Å². The summed E-state index contributed by atoms with van der Waals surface area (Å²) < 4.78 is 0. The number of nitrogens with one attached hydrogen (secondary N) is 2. The van der Waals surface area contributed by atoms with Crippen molar-refractivity contribution in [2.45, 2.75) is 40.2 Å². The lowest BCUT2D eigenvalue weighted by molar-refractivity contribution is -0.125. The molecule has 2 amide bonds. The maximum absolute atomic E-state index is 12.5. The Hall–Kier alpha value is -2.77. The molecule has 1 aromatic rings. The quantitative estimate of drug-likeness (QED) is 0.767. The highest BCUT2D eigenvalue weighted by Gasteiger charge is 2.44. The minimum atomic E-state index is -0.939. The average Bonchev–Trinajstić information content (AvgIpc) is 2.64. The van der Waals surface area contributed by atoms with E-state index in [-0.39, 0.29) is 17.7 Å². The number of rotatable bonds is 6. The second-order valence-electron chi connectivity index (χ2n) is 7.32. The predicted molar refractivity (Wildman–Crippen MR) is 108 cm³/mol. The molecule has 28 heavy (non-hydrogen) atoms. The minimum absolute atomic E-state index is 0.0659. The third-order valence-corrected chi connectivity index (χ3v) is 5.91. The van der Waals surface area contributed by atoms with Crippen molar-refractivity contribution < 1.29 is 9.59 Å². The summed E-state index contributed by atoms with van der Waals surface area (Å²) in [5.41, 5.74) is 1.61. The second-order valence-corrected chi connectivity index (χ2v) is 8.30. The van der Waals surface area contributed by atoms with Crippen molar-refractivity contribution in [2.24, 2.45) is 11.3 Å². The Bertz CT molecular complexity index is 875. The lowest BCUT2D eigenvalue weighted by Crippen LogP contribution is -2.44. The van der Waals surface area contributed by atoms with Crippen LogP contribution in [-0.2, 0) is 9.59 Å². The van der Waals surface area contributed by atoms with Gasteiger partial charge in [-0.2, -0.15) is 10.5 Å². The molecule has 0 aliphatic carbocycles. The van der Waals surface area contributed by atoms with Crippen molar-refractivity contribution in [3.63, 3.8) is 0 Å². The van der Waals surface area contributed by atoms with E-state index in [0.29, 0.717) is 10.6 Å². The average molecular weight is 397 g/mol. The first-order chi connectivity index (χ1) is 13.2. The van der Waals surface area contributed by atoms with Crippen molar-refractivity contribution in [1.29, 1.82) is 10.5 Å². The van der Waals surface area contributed by atoms with Gasteiger partial charge in [0.25, 0.3) is 0 Å². The number of nitriles is 2. The number of hydrogen-bond donors (Lipinski definition) is 2. The zero-order valence-electron chi connectivity index (χ0n) is 16.5. The van der Waals surface area contributed by atoms with Crippen LogP contribution < -0.4 is 10.6 Å². The fourth-order valence-electron chi connectivity index (χ4n) is 3.13. The highest BCUT2D eigenvalue weighted by atomic mass is 32.2. The lowest BCUT2D eigenvalue weighted by atomic mass is 9.72. The second kappa shape index (κ2) is 8.95. The predicted octanol–water partition coefficient (Wildman–Crippen LogP) is 3.33. The number of allylic oxidation sites excluding steroid dienone is 1. The van der Waals surface area contributed by atoms with Gasteiger partial charge in [0.1, 0.15) is 5.92 Å². The Balaban J connectivity index is 2.09. The van der Waals surface area contributed by atoms with Crippen LogP contribution in [-0.4, -0.2) is 17.6 Å². The van der Waals surface area contributed by atoms with Crippen LogP contribution in [0.15, 0.2) is 34.9 Å². The minimum Gasteiger partial charge on any atom is -0.349 e. The van der Waals surface area contributed by atoms with E-state index < -0.39 is 17.2 Å². The van der Waals surface area contributed by atoms with E-state index >= 15 is 0 Å². The molecule has 2 rings (SSSR count). The summed E-state index contributed by atoms with van der Waals surface area (Å²) in [6.07, 6.45) is 0.749. The molecule has 2 atom stereocenters. The number of hydrogen-bond acceptors (Lipinski definition) is 5. The van der Waals surface area contributed by atoms with Crippen LogP contribution in [0.25, 0.3) is 0 Å². The highest BCUT2D eigenvalue weighted by molar-refractivity contribution is 8.03. The molecule has 1 aliphatic heterocycles. The summed E-state index contributed by atoms with van der Waals surface area (Å²) in [7, 11) is 0. The molecule has 146 valence electrons. The molecule has 6 nitrogen and oxygen atoms in total. The smallest absolute Gasteiger partial charge is 0.243 e. The fourth-order valence-corrected chi connectivity index (χ4v) is 4.11. The first-order valence-corrected chi connectivity index (χ1v) is 10.1. The van der Waals surface area contributed by atoms with Crippen LogP contribution >= 0.6 is 11.8 Å². The summed E-state index contributed by atoms with van der Waals surface area (Å²) >= 11 is 1.11. The molecule has 0 spiro atoms. The number of carbonyl (C=O) groups is 2. The normalized spacial score (nSPS) is 19.2.